The Morgan fingerprint density at radius 3 is 2.84 bits per heavy atom. The molecule has 3 rings (SSSR count). The lowest BCUT2D eigenvalue weighted by Gasteiger charge is -2.40. The van der Waals surface area contributed by atoms with E-state index in [-0.39, 0.29) is 18.8 Å². The molecule has 104 valence electrons. The molecular formula is C14H18O5. The van der Waals surface area contributed by atoms with E-state index in [4.69, 9.17) is 18.9 Å². The highest BCUT2D eigenvalue weighted by atomic mass is 16.8. The van der Waals surface area contributed by atoms with Crippen molar-refractivity contribution in [2.45, 2.75) is 30.7 Å². The molecule has 0 spiro atoms. The minimum Gasteiger partial charge on any atom is -0.394 e. The molecule has 2 saturated heterocycles. The van der Waals surface area contributed by atoms with Crippen molar-refractivity contribution in [3.05, 3.63) is 35.9 Å². The third-order valence-corrected chi connectivity index (χ3v) is 3.68. The van der Waals surface area contributed by atoms with Gasteiger partial charge in [-0.2, -0.15) is 0 Å². The third-order valence-electron chi connectivity index (χ3n) is 3.68. The number of methoxy groups -OCH3 is 1. The van der Waals surface area contributed by atoms with Gasteiger partial charge in [-0.3, -0.25) is 0 Å². The van der Waals surface area contributed by atoms with Crippen molar-refractivity contribution in [3.8, 4) is 0 Å². The normalized spacial score (nSPS) is 38.1. The first-order valence-electron chi connectivity index (χ1n) is 6.43. The smallest absolute Gasteiger partial charge is 0.219 e. The Hall–Kier alpha value is -0.980. The molecular weight excluding hydrogens is 248 g/mol. The van der Waals surface area contributed by atoms with E-state index >= 15 is 0 Å². The summed E-state index contributed by atoms with van der Waals surface area (Å²) in [4.78, 5) is 0. The van der Waals surface area contributed by atoms with Crippen molar-refractivity contribution in [2.75, 3.05) is 20.3 Å². The predicted molar refractivity (Wildman–Crippen MR) is 66.3 cm³/mol. The topological polar surface area (TPSA) is 57.2 Å². The molecule has 2 fully saturated rings. The molecule has 5 nitrogen and oxygen atoms in total. The van der Waals surface area contributed by atoms with E-state index in [1.54, 1.807) is 7.11 Å². The molecule has 1 unspecified atom stereocenters. The van der Waals surface area contributed by atoms with Gasteiger partial charge < -0.3 is 24.1 Å². The minimum absolute atomic E-state index is 0.0407. The van der Waals surface area contributed by atoms with Crippen LogP contribution >= 0.6 is 0 Å². The minimum atomic E-state index is -0.890. The van der Waals surface area contributed by atoms with Crippen LogP contribution in [-0.4, -0.2) is 43.4 Å². The molecule has 0 amide bonds. The van der Waals surface area contributed by atoms with Gasteiger partial charge in [-0.25, -0.2) is 0 Å². The van der Waals surface area contributed by atoms with E-state index in [1.165, 1.54) is 0 Å². The van der Waals surface area contributed by atoms with Crippen LogP contribution in [0.4, 0.5) is 0 Å². The van der Waals surface area contributed by atoms with Crippen molar-refractivity contribution in [3.63, 3.8) is 0 Å². The molecule has 1 N–H and O–H groups in total. The highest BCUT2D eigenvalue weighted by Gasteiger charge is 2.54. The number of aliphatic hydroxyl groups is 1. The molecule has 1 aromatic rings. The molecule has 0 bridgehead atoms. The van der Waals surface area contributed by atoms with Crippen LogP contribution in [0.3, 0.4) is 0 Å². The number of benzene rings is 1. The molecule has 5 heteroatoms. The summed E-state index contributed by atoms with van der Waals surface area (Å²) in [6.07, 6.45) is -0.288. The summed E-state index contributed by atoms with van der Waals surface area (Å²) >= 11 is 0. The van der Waals surface area contributed by atoms with Crippen molar-refractivity contribution < 1.29 is 24.1 Å². The number of hydrogen-bond acceptors (Lipinski definition) is 5. The Balaban J connectivity index is 1.77. The van der Waals surface area contributed by atoms with Gasteiger partial charge in [0.05, 0.1) is 12.7 Å². The zero-order chi connectivity index (χ0) is 13.3. The molecule has 0 aromatic heterocycles. The summed E-state index contributed by atoms with van der Waals surface area (Å²) in [6.45, 7) is 0.255. The maximum atomic E-state index is 9.23. The monoisotopic (exact) mass is 266 g/mol. The first kappa shape index (κ1) is 13.0. The van der Waals surface area contributed by atoms with Gasteiger partial charge in [-0.15, -0.1) is 0 Å². The molecule has 1 aromatic carbocycles. The SMILES string of the molecule is CO[C@]12COC(c3ccccc3)O[C@H]1C[C@@H](CO)O2. The van der Waals surface area contributed by atoms with Gasteiger partial charge in [0.25, 0.3) is 0 Å². The number of rotatable bonds is 3. The van der Waals surface area contributed by atoms with Crippen molar-refractivity contribution >= 4 is 0 Å². The van der Waals surface area contributed by atoms with Gasteiger partial charge in [0, 0.05) is 19.1 Å². The quantitative estimate of drug-likeness (QED) is 0.891. The molecule has 0 radical (unpaired) electrons. The number of hydrogen-bond donors (Lipinski definition) is 1. The van der Waals surface area contributed by atoms with E-state index in [0.717, 1.165) is 5.56 Å². The highest BCUT2D eigenvalue weighted by Crippen LogP contribution is 2.41. The average molecular weight is 266 g/mol. The Labute approximate surface area is 112 Å². The van der Waals surface area contributed by atoms with E-state index in [1.807, 2.05) is 30.3 Å². The summed E-state index contributed by atoms with van der Waals surface area (Å²) in [5, 5.41) is 9.23. The summed E-state index contributed by atoms with van der Waals surface area (Å²) in [7, 11) is 1.57. The molecule has 0 saturated carbocycles. The first-order valence-corrected chi connectivity index (χ1v) is 6.43. The maximum Gasteiger partial charge on any atom is 0.219 e. The molecule has 19 heavy (non-hydrogen) atoms. The van der Waals surface area contributed by atoms with E-state index in [9.17, 15) is 5.11 Å². The Bertz CT molecular complexity index is 423. The van der Waals surface area contributed by atoms with E-state index in [0.29, 0.717) is 13.0 Å². The van der Waals surface area contributed by atoms with Crippen LogP contribution in [0.15, 0.2) is 30.3 Å². The lowest BCUT2D eigenvalue weighted by atomic mass is 10.1. The second-order valence-electron chi connectivity index (χ2n) is 4.85. The Morgan fingerprint density at radius 2 is 2.16 bits per heavy atom. The standard InChI is InChI=1S/C14H18O5/c1-16-14-9-17-13(10-5-3-2-4-6-10)18-12(14)7-11(8-15)19-14/h2-6,11-13,15H,7-9H2,1H3/t11-,12-,13?,14-/m0/s1. The fourth-order valence-corrected chi connectivity index (χ4v) is 2.63. The van der Waals surface area contributed by atoms with Crippen LogP contribution in [0.1, 0.15) is 18.3 Å². The van der Waals surface area contributed by atoms with Crippen LogP contribution in [-0.2, 0) is 18.9 Å². The summed E-state index contributed by atoms with van der Waals surface area (Å²) in [5.41, 5.74) is 0.972. The van der Waals surface area contributed by atoms with Gasteiger partial charge in [0.2, 0.25) is 5.79 Å². The first-order chi connectivity index (χ1) is 9.27. The maximum absolute atomic E-state index is 9.23. The summed E-state index contributed by atoms with van der Waals surface area (Å²) in [5.74, 6) is -0.890. The largest absolute Gasteiger partial charge is 0.394 e. The Kier molecular flexibility index (Phi) is 3.56. The van der Waals surface area contributed by atoms with Gasteiger partial charge in [0.1, 0.15) is 12.7 Å². The molecule has 2 aliphatic heterocycles. The fourth-order valence-electron chi connectivity index (χ4n) is 2.63. The molecule has 0 aliphatic carbocycles. The van der Waals surface area contributed by atoms with Gasteiger partial charge in [-0.05, 0) is 0 Å². The van der Waals surface area contributed by atoms with Crippen molar-refractivity contribution in [2.24, 2.45) is 0 Å². The van der Waals surface area contributed by atoms with Crippen LogP contribution in [0, 0.1) is 0 Å². The van der Waals surface area contributed by atoms with E-state index in [2.05, 4.69) is 0 Å². The predicted octanol–water partition coefficient (Wildman–Crippen LogP) is 1.22. The van der Waals surface area contributed by atoms with E-state index < -0.39 is 12.1 Å². The lowest BCUT2D eigenvalue weighted by molar-refractivity contribution is -0.355. The van der Waals surface area contributed by atoms with Crippen LogP contribution < -0.4 is 0 Å². The molecule has 4 atom stereocenters. The number of ether oxygens (including phenoxy) is 4. The third kappa shape index (κ3) is 2.28. The second-order valence-corrected chi connectivity index (χ2v) is 4.85. The zero-order valence-electron chi connectivity index (χ0n) is 10.8. The summed E-state index contributed by atoms with van der Waals surface area (Å²) < 4.78 is 22.8. The lowest BCUT2D eigenvalue weighted by Crippen LogP contribution is -2.51. The zero-order valence-corrected chi connectivity index (χ0v) is 10.8. The number of fused-ring (bicyclic) bond motifs is 1. The average Bonchev–Trinajstić information content (AvgIpc) is 2.86. The fraction of sp³-hybridized carbons (Fsp3) is 0.571. The van der Waals surface area contributed by atoms with Crippen molar-refractivity contribution in [1.82, 2.24) is 0 Å². The van der Waals surface area contributed by atoms with Crippen LogP contribution in [0.2, 0.25) is 0 Å². The van der Waals surface area contributed by atoms with Crippen LogP contribution in [0.5, 0.6) is 0 Å². The van der Waals surface area contributed by atoms with Gasteiger partial charge in [0.15, 0.2) is 6.29 Å². The number of aliphatic hydroxyl groups excluding tert-OH is 1. The van der Waals surface area contributed by atoms with Gasteiger partial charge in [-0.1, -0.05) is 30.3 Å². The second kappa shape index (κ2) is 5.19. The van der Waals surface area contributed by atoms with Crippen molar-refractivity contribution in [1.29, 1.82) is 0 Å². The molecule has 2 heterocycles. The molecule has 2 aliphatic rings. The van der Waals surface area contributed by atoms with Gasteiger partial charge >= 0.3 is 0 Å². The Morgan fingerprint density at radius 1 is 1.37 bits per heavy atom. The summed E-state index contributed by atoms with van der Waals surface area (Å²) in [6, 6.07) is 9.77. The highest BCUT2D eigenvalue weighted by molar-refractivity contribution is 5.16. The van der Waals surface area contributed by atoms with Crippen LogP contribution in [0.25, 0.3) is 0 Å².